The highest BCUT2D eigenvalue weighted by molar-refractivity contribution is 4.67. The molecule has 0 radical (unpaired) electrons. The third kappa shape index (κ3) is 15.5. The highest BCUT2D eigenvalue weighted by Gasteiger charge is 2.15. The first-order chi connectivity index (χ1) is 11.8. The van der Waals surface area contributed by atoms with Crippen LogP contribution in [0.3, 0.4) is 0 Å². The average molecular weight is 339 g/mol. The predicted molar refractivity (Wildman–Crippen MR) is 113 cm³/mol. The molecule has 0 aromatic rings. The molecular formula is C24H50. The van der Waals surface area contributed by atoms with Crippen LogP contribution in [0.15, 0.2) is 0 Å². The smallest absolute Gasteiger partial charge is 0.0412 e. The second kappa shape index (κ2) is 19.3. The first-order valence-electron chi connectivity index (χ1n) is 11.8. The zero-order valence-electron chi connectivity index (χ0n) is 17.9. The van der Waals surface area contributed by atoms with E-state index in [4.69, 9.17) is 0 Å². The molecule has 146 valence electrons. The van der Waals surface area contributed by atoms with Crippen LogP contribution in [0, 0.1) is 11.8 Å². The first-order valence-corrected chi connectivity index (χ1v) is 11.8. The van der Waals surface area contributed by atoms with E-state index in [1.165, 1.54) is 116 Å². The van der Waals surface area contributed by atoms with Crippen LogP contribution < -0.4 is 0 Å². The quantitative estimate of drug-likeness (QED) is 0.206. The fraction of sp³-hybridized carbons (Fsp3) is 1.00. The van der Waals surface area contributed by atoms with Crippen molar-refractivity contribution in [1.82, 2.24) is 0 Å². The Kier molecular flexibility index (Phi) is 19.3. The van der Waals surface area contributed by atoms with Crippen molar-refractivity contribution >= 4 is 0 Å². The van der Waals surface area contributed by atoms with E-state index in [9.17, 15) is 0 Å². The molecule has 0 aromatic heterocycles. The Morgan fingerprint density at radius 1 is 0.417 bits per heavy atom. The lowest BCUT2D eigenvalue weighted by molar-refractivity contribution is 0.295. The monoisotopic (exact) mass is 338 g/mol. The number of hydrogen-bond donors (Lipinski definition) is 0. The molecule has 0 aromatic carbocycles. The minimum absolute atomic E-state index is 1.01. The largest absolute Gasteiger partial charge is 0.0654 e. The molecule has 2 unspecified atom stereocenters. The van der Waals surface area contributed by atoms with Crippen molar-refractivity contribution < 1.29 is 0 Å². The fourth-order valence-electron chi connectivity index (χ4n) is 4.08. The van der Waals surface area contributed by atoms with E-state index in [0.29, 0.717) is 0 Å². The van der Waals surface area contributed by atoms with Crippen molar-refractivity contribution in [2.24, 2.45) is 11.8 Å². The van der Waals surface area contributed by atoms with Crippen LogP contribution >= 0.6 is 0 Å². The molecule has 0 saturated carbocycles. The Morgan fingerprint density at radius 2 is 0.833 bits per heavy atom. The first kappa shape index (κ1) is 24.0. The molecule has 0 bridgehead atoms. The van der Waals surface area contributed by atoms with Crippen molar-refractivity contribution in [1.29, 1.82) is 0 Å². The van der Waals surface area contributed by atoms with Gasteiger partial charge in [0.05, 0.1) is 0 Å². The number of rotatable bonds is 19. The Labute approximate surface area is 155 Å². The second-order valence-corrected chi connectivity index (χ2v) is 8.28. The van der Waals surface area contributed by atoms with Crippen LogP contribution in [0.2, 0.25) is 0 Å². The van der Waals surface area contributed by atoms with Crippen LogP contribution in [0.5, 0.6) is 0 Å². The third-order valence-electron chi connectivity index (χ3n) is 5.89. The van der Waals surface area contributed by atoms with Crippen LogP contribution in [0.4, 0.5) is 0 Å². The van der Waals surface area contributed by atoms with E-state index < -0.39 is 0 Å². The molecule has 0 N–H and O–H groups in total. The van der Waals surface area contributed by atoms with Gasteiger partial charge in [-0.2, -0.15) is 0 Å². The molecule has 2 atom stereocenters. The molecule has 0 amide bonds. The minimum Gasteiger partial charge on any atom is -0.0654 e. The summed E-state index contributed by atoms with van der Waals surface area (Å²) in [5.74, 6) is 2.03. The Morgan fingerprint density at radius 3 is 1.33 bits per heavy atom. The van der Waals surface area contributed by atoms with Gasteiger partial charge < -0.3 is 0 Å². The molecule has 0 aliphatic rings. The summed E-state index contributed by atoms with van der Waals surface area (Å²) in [7, 11) is 0. The highest BCUT2D eigenvalue weighted by Crippen LogP contribution is 2.29. The maximum absolute atomic E-state index is 2.43. The molecule has 0 saturated heterocycles. The van der Waals surface area contributed by atoms with Crippen LogP contribution in [0.25, 0.3) is 0 Å². The van der Waals surface area contributed by atoms with Gasteiger partial charge in [-0.05, 0) is 18.3 Å². The van der Waals surface area contributed by atoms with E-state index in [1.807, 2.05) is 0 Å². The maximum atomic E-state index is 2.43. The Hall–Kier alpha value is 0. The predicted octanol–water partition coefficient (Wildman–Crippen LogP) is 9.32. The van der Waals surface area contributed by atoms with Crippen molar-refractivity contribution in [2.45, 2.75) is 143 Å². The summed E-state index contributed by atoms with van der Waals surface area (Å²) in [4.78, 5) is 0. The minimum atomic E-state index is 1.01. The van der Waals surface area contributed by atoms with Gasteiger partial charge in [-0.15, -0.1) is 0 Å². The van der Waals surface area contributed by atoms with Crippen molar-refractivity contribution in [3.63, 3.8) is 0 Å². The lowest BCUT2D eigenvalue weighted by Gasteiger charge is -2.23. The van der Waals surface area contributed by atoms with Gasteiger partial charge in [-0.3, -0.25) is 0 Å². The normalized spacial score (nSPS) is 14.0. The highest BCUT2D eigenvalue weighted by atomic mass is 14.2. The molecule has 0 fully saturated rings. The van der Waals surface area contributed by atoms with Crippen LogP contribution in [-0.4, -0.2) is 0 Å². The van der Waals surface area contributed by atoms with Gasteiger partial charge in [0.1, 0.15) is 0 Å². The SMILES string of the molecule is CCCCCCCCC(CCCC)CC(CC)CCCCCCC. The molecule has 24 heavy (non-hydrogen) atoms. The zero-order valence-corrected chi connectivity index (χ0v) is 17.9. The fourth-order valence-corrected chi connectivity index (χ4v) is 4.08. The van der Waals surface area contributed by atoms with Crippen LogP contribution in [-0.2, 0) is 0 Å². The van der Waals surface area contributed by atoms with E-state index in [1.54, 1.807) is 0 Å². The molecule has 0 heterocycles. The van der Waals surface area contributed by atoms with E-state index in [0.717, 1.165) is 11.8 Å². The number of unbranched alkanes of at least 4 members (excludes halogenated alkanes) is 10. The molecule has 0 spiro atoms. The third-order valence-corrected chi connectivity index (χ3v) is 5.89. The van der Waals surface area contributed by atoms with E-state index >= 15 is 0 Å². The maximum Gasteiger partial charge on any atom is -0.0412 e. The van der Waals surface area contributed by atoms with Crippen LogP contribution in [0.1, 0.15) is 143 Å². The topological polar surface area (TPSA) is 0 Å². The number of hydrogen-bond acceptors (Lipinski definition) is 0. The second-order valence-electron chi connectivity index (χ2n) is 8.28. The Bertz CT molecular complexity index is 220. The van der Waals surface area contributed by atoms with E-state index in [2.05, 4.69) is 27.7 Å². The lowest BCUT2D eigenvalue weighted by atomic mass is 9.83. The van der Waals surface area contributed by atoms with Gasteiger partial charge >= 0.3 is 0 Å². The van der Waals surface area contributed by atoms with Gasteiger partial charge in [0.15, 0.2) is 0 Å². The zero-order chi connectivity index (χ0) is 17.9. The molecular weight excluding hydrogens is 288 g/mol. The van der Waals surface area contributed by atoms with Crippen molar-refractivity contribution in [3.05, 3.63) is 0 Å². The summed E-state index contributed by atoms with van der Waals surface area (Å²) >= 11 is 0. The summed E-state index contributed by atoms with van der Waals surface area (Å²) < 4.78 is 0. The van der Waals surface area contributed by atoms with Crippen molar-refractivity contribution in [3.8, 4) is 0 Å². The summed E-state index contributed by atoms with van der Waals surface area (Å²) in [5.41, 5.74) is 0. The lowest BCUT2D eigenvalue weighted by Crippen LogP contribution is -2.09. The summed E-state index contributed by atoms with van der Waals surface area (Å²) in [6.07, 6.45) is 26.2. The summed E-state index contributed by atoms with van der Waals surface area (Å²) in [6, 6.07) is 0. The molecule has 0 aliphatic heterocycles. The molecule has 0 aliphatic carbocycles. The summed E-state index contributed by atoms with van der Waals surface area (Å²) in [6.45, 7) is 9.41. The van der Waals surface area contributed by atoms with Gasteiger partial charge in [0.25, 0.3) is 0 Å². The summed E-state index contributed by atoms with van der Waals surface area (Å²) in [5, 5.41) is 0. The van der Waals surface area contributed by atoms with Gasteiger partial charge in [-0.1, -0.05) is 137 Å². The van der Waals surface area contributed by atoms with Gasteiger partial charge in [0, 0.05) is 0 Å². The van der Waals surface area contributed by atoms with E-state index in [-0.39, 0.29) is 0 Å². The Balaban J connectivity index is 3.97. The average Bonchev–Trinajstić information content (AvgIpc) is 2.60. The van der Waals surface area contributed by atoms with Gasteiger partial charge in [0.2, 0.25) is 0 Å². The molecule has 0 nitrogen and oxygen atoms in total. The standard InChI is InChI=1S/C24H50/c1-5-9-12-14-16-18-21-24(19-11-7-3)22-23(8-4)20-17-15-13-10-6-2/h23-24H,5-22H2,1-4H3. The van der Waals surface area contributed by atoms with Crippen molar-refractivity contribution in [2.75, 3.05) is 0 Å². The molecule has 0 heteroatoms. The molecule has 0 rings (SSSR count). The van der Waals surface area contributed by atoms with Gasteiger partial charge in [-0.25, -0.2) is 0 Å².